The van der Waals surface area contributed by atoms with Crippen LogP contribution in [-0.2, 0) is 15.9 Å². The van der Waals surface area contributed by atoms with Gasteiger partial charge in [0.1, 0.15) is 22.6 Å². The Balaban J connectivity index is 1.99. The summed E-state index contributed by atoms with van der Waals surface area (Å²) in [6.07, 6.45) is 0.730. The number of esters is 2. The molecular weight excluding hydrogens is 396 g/mol. The van der Waals surface area contributed by atoms with Crippen molar-refractivity contribution in [3.05, 3.63) is 64.8 Å². The second-order valence-electron chi connectivity index (χ2n) is 8.12. The van der Waals surface area contributed by atoms with Gasteiger partial charge in [-0.1, -0.05) is 18.2 Å². The second-order valence-corrected chi connectivity index (χ2v) is 8.12. The third-order valence-electron chi connectivity index (χ3n) is 5.27. The first-order chi connectivity index (χ1) is 14.8. The summed E-state index contributed by atoms with van der Waals surface area (Å²) in [5, 5.41) is 4.67. The number of aryl methyl sites for hydroxylation is 1. The van der Waals surface area contributed by atoms with E-state index in [1.165, 1.54) is 18.9 Å². The van der Waals surface area contributed by atoms with E-state index in [1.807, 2.05) is 51.1 Å². The molecular formula is C24H24N2O5. The van der Waals surface area contributed by atoms with Crippen LogP contribution in [0.2, 0.25) is 0 Å². The highest BCUT2D eigenvalue weighted by Crippen LogP contribution is 2.41. The Labute approximate surface area is 180 Å². The number of fused-ring (bicyclic) bond motifs is 1. The summed E-state index contributed by atoms with van der Waals surface area (Å²) in [5.41, 5.74) is 3.43. The summed E-state index contributed by atoms with van der Waals surface area (Å²) in [6, 6.07) is 13.0. The smallest absolute Gasteiger partial charge is 0.357 e. The third kappa shape index (κ3) is 3.56. The van der Waals surface area contributed by atoms with E-state index in [9.17, 15) is 9.59 Å². The number of carbonyl (C=O) groups excluding carboxylic acids is 2. The van der Waals surface area contributed by atoms with Gasteiger partial charge in [0.2, 0.25) is 0 Å². The van der Waals surface area contributed by atoms with E-state index in [1.54, 1.807) is 12.1 Å². The number of nitrogens with zero attached hydrogens (tertiary/aromatic N) is 2. The van der Waals surface area contributed by atoms with Crippen LogP contribution in [0.4, 0.5) is 0 Å². The summed E-state index contributed by atoms with van der Waals surface area (Å²) < 4.78 is 17.5. The normalized spacial score (nSPS) is 14.0. The standard InChI is InChI=1S/C24H24N2O5/c1-14-11-15(12-16-13-24(2,3)31-21(14)16)19-18(22(27)29-4)20(23(28)30-5)26(25-19)17-9-7-6-8-10-17/h6-12H,13H2,1-5H3. The van der Waals surface area contributed by atoms with E-state index in [4.69, 9.17) is 14.2 Å². The average Bonchev–Trinajstić information content (AvgIpc) is 3.30. The molecule has 1 aliphatic rings. The third-order valence-corrected chi connectivity index (χ3v) is 5.27. The molecule has 0 spiro atoms. The van der Waals surface area contributed by atoms with Gasteiger partial charge < -0.3 is 14.2 Å². The number of hydrogen-bond donors (Lipinski definition) is 0. The van der Waals surface area contributed by atoms with E-state index in [0.717, 1.165) is 23.3 Å². The molecule has 0 amide bonds. The molecule has 0 aliphatic carbocycles. The van der Waals surface area contributed by atoms with Gasteiger partial charge in [-0.05, 0) is 56.2 Å². The Kier molecular flexibility index (Phi) is 5.05. The van der Waals surface area contributed by atoms with Crippen molar-refractivity contribution in [3.8, 4) is 22.7 Å². The SMILES string of the molecule is COC(=O)c1c(-c2cc(C)c3c(c2)CC(C)(C)O3)nn(-c2ccccc2)c1C(=O)OC. The van der Waals surface area contributed by atoms with Crippen molar-refractivity contribution in [2.45, 2.75) is 32.8 Å². The van der Waals surface area contributed by atoms with Gasteiger partial charge in [-0.3, -0.25) is 0 Å². The number of para-hydroxylation sites is 1. The lowest BCUT2D eigenvalue weighted by molar-refractivity contribution is 0.0549. The lowest BCUT2D eigenvalue weighted by Gasteiger charge is -2.17. The average molecular weight is 420 g/mol. The van der Waals surface area contributed by atoms with Crippen LogP contribution in [0.3, 0.4) is 0 Å². The molecule has 160 valence electrons. The molecule has 0 N–H and O–H groups in total. The van der Waals surface area contributed by atoms with Gasteiger partial charge >= 0.3 is 11.9 Å². The minimum absolute atomic E-state index is 0.0188. The van der Waals surface area contributed by atoms with Crippen LogP contribution in [0, 0.1) is 6.92 Å². The van der Waals surface area contributed by atoms with Crippen molar-refractivity contribution >= 4 is 11.9 Å². The van der Waals surface area contributed by atoms with Gasteiger partial charge in [-0.25, -0.2) is 14.3 Å². The fourth-order valence-corrected chi connectivity index (χ4v) is 3.99. The van der Waals surface area contributed by atoms with Crippen LogP contribution in [0.15, 0.2) is 42.5 Å². The number of benzene rings is 2. The predicted octanol–water partition coefficient (Wildman–Crippen LogP) is 4.13. The van der Waals surface area contributed by atoms with Crippen LogP contribution >= 0.6 is 0 Å². The molecule has 0 saturated heterocycles. The van der Waals surface area contributed by atoms with E-state index in [2.05, 4.69) is 5.10 Å². The molecule has 0 saturated carbocycles. The van der Waals surface area contributed by atoms with Crippen LogP contribution in [-0.4, -0.2) is 41.5 Å². The minimum atomic E-state index is -0.676. The van der Waals surface area contributed by atoms with Crippen LogP contribution in [0.25, 0.3) is 16.9 Å². The maximum absolute atomic E-state index is 12.8. The molecule has 3 aromatic rings. The molecule has 4 rings (SSSR count). The zero-order valence-electron chi connectivity index (χ0n) is 18.2. The summed E-state index contributed by atoms with van der Waals surface area (Å²) in [6.45, 7) is 6.02. The zero-order valence-corrected chi connectivity index (χ0v) is 18.2. The van der Waals surface area contributed by atoms with Crippen LogP contribution < -0.4 is 4.74 Å². The molecule has 0 bridgehead atoms. The van der Waals surface area contributed by atoms with Crippen LogP contribution in [0.5, 0.6) is 5.75 Å². The first-order valence-corrected chi connectivity index (χ1v) is 9.93. The van der Waals surface area contributed by atoms with E-state index in [0.29, 0.717) is 16.9 Å². The predicted molar refractivity (Wildman–Crippen MR) is 115 cm³/mol. The summed E-state index contributed by atoms with van der Waals surface area (Å²) in [4.78, 5) is 25.5. The molecule has 7 heteroatoms. The Morgan fingerprint density at radius 2 is 1.74 bits per heavy atom. The van der Waals surface area contributed by atoms with Crippen molar-refractivity contribution in [1.29, 1.82) is 0 Å². The molecule has 0 fully saturated rings. The maximum atomic E-state index is 12.8. The fraction of sp³-hybridized carbons (Fsp3) is 0.292. The summed E-state index contributed by atoms with van der Waals surface area (Å²) in [5.74, 6) is -0.485. The summed E-state index contributed by atoms with van der Waals surface area (Å²) in [7, 11) is 2.54. The molecule has 2 heterocycles. The molecule has 1 aromatic heterocycles. The monoisotopic (exact) mass is 420 g/mol. The highest BCUT2D eigenvalue weighted by molar-refractivity contribution is 6.07. The van der Waals surface area contributed by atoms with Gasteiger partial charge in [0.25, 0.3) is 0 Å². The van der Waals surface area contributed by atoms with Gasteiger partial charge in [0.05, 0.1) is 19.9 Å². The Morgan fingerprint density at radius 3 is 2.39 bits per heavy atom. The number of ether oxygens (including phenoxy) is 3. The van der Waals surface area contributed by atoms with Crippen molar-refractivity contribution < 1.29 is 23.8 Å². The Hall–Kier alpha value is -3.61. The maximum Gasteiger partial charge on any atom is 0.357 e. The topological polar surface area (TPSA) is 79.7 Å². The zero-order chi connectivity index (χ0) is 22.3. The molecule has 1 aliphatic heterocycles. The first kappa shape index (κ1) is 20.7. The Bertz CT molecular complexity index is 1180. The van der Waals surface area contributed by atoms with Crippen molar-refractivity contribution in [2.75, 3.05) is 14.2 Å². The number of rotatable bonds is 4. The summed E-state index contributed by atoms with van der Waals surface area (Å²) >= 11 is 0. The molecule has 7 nitrogen and oxygen atoms in total. The molecule has 0 atom stereocenters. The van der Waals surface area contributed by atoms with Crippen molar-refractivity contribution in [1.82, 2.24) is 9.78 Å². The lowest BCUT2D eigenvalue weighted by atomic mass is 9.96. The number of aromatic nitrogens is 2. The van der Waals surface area contributed by atoms with Gasteiger partial charge in [0.15, 0.2) is 5.69 Å². The number of hydrogen-bond acceptors (Lipinski definition) is 6. The molecule has 0 radical (unpaired) electrons. The van der Waals surface area contributed by atoms with E-state index < -0.39 is 11.9 Å². The van der Waals surface area contributed by atoms with Crippen molar-refractivity contribution in [2.24, 2.45) is 0 Å². The van der Waals surface area contributed by atoms with Crippen LogP contribution in [0.1, 0.15) is 45.8 Å². The fourth-order valence-electron chi connectivity index (χ4n) is 3.99. The largest absolute Gasteiger partial charge is 0.487 e. The highest BCUT2D eigenvalue weighted by atomic mass is 16.5. The number of carbonyl (C=O) groups is 2. The molecule has 31 heavy (non-hydrogen) atoms. The Morgan fingerprint density at radius 1 is 1.06 bits per heavy atom. The van der Waals surface area contributed by atoms with Gasteiger partial charge in [0, 0.05) is 12.0 Å². The van der Waals surface area contributed by atoms with E-state index >= 15 is 0 Å². The van der Waals surface area contributed by atoms with Crippen molar-refractivity contribution in [3.63, 3.8) is 0 Å². The van der Waals surface area contributed by atoms with E-state index in [-0.39, 0.29) is 16.9 Å². The molecule has 0 unspecified atom stereocenters. The van der Waals surface area contributed by atoms with Gasteiger partial charge in [-0.15, -0.1) is 0 Å². The van der Waals surface area contributed by atoms with Gasteiger partial charge in [-0.2, -0.15) is 5.10 Å². The first-order valence-electron chi connectivity index (χ1n) is 9.93. The quantitative estimate of drug-likeness (QED) is 0.591. The highest BCUT2D eigenvalue weighted by Gasteiger charge is 2.34. The minimum Gasteiger partial charge on any atom is -0.487 e. The molecule has 2 aromatic carbocycles. The number of methoxy groups -OCH3 is 2. The second kappa shape index (κ2) is 7.58. The lowest BCUT2D eigenvalue weighted by Crippen LogP contribution is -2.24.